The lowest BCUT2D eigenvalue weighted by Crippen LogP contribution is -2.43. The van der Waals surface area contributed by atoms with Crippen molar-refractivity contribution in [3.05, 3.63) is 59.7 Å². The minimum Gasteiger partial charge on any atom is -0.386 e. The van der Waals surface area contributed by atoms with E-state index in [1.807, 2.05) is 24.3 Å². The van der Waals surface area contributed by atoms with Crippen LogP contribution < -0.4 is 16.0 Å². The van der Waals surface area contributed by atoms with Crippen LogP contribution in [0.4, 0.5) is 9.18 Å². The van der Waals surface area contributed by atoms with Gasteiger partial charge in [-0.05, 0) is 22.3 Å². The number of alkyl halides is 3. The summed E-state index contributed by atoms with van der Waals surface area (Å²) in [6, 6.07) is 13.1. The van der Waals surface area contributed by atoms with Gasteiger partial charge in [-0.3, -0.25) is 4.79 Å². The van der Waals surface area contributed by atoms with Crippen LogP contribution >= 0.6 is 23.2 Å². The lowest BCUT2D eigenvalue weighted by Gasteiger charge is -2.22. The fraction of sp³-hybridized carbons (Fsp3) is 0.300. The molecule has 0 aliphatic rings. The maximum Gasteiger partial charge on any atom is 0.314 e. The van der Waals surface area contributed by atoms with E-state index in [0.717, 1.165) is 16.7 Å². The van der Waals surface area contributed by atoms with Gasteiger partial charge in [-0.15, -0.1) is 0 Å². The molecule has 4 N–H and O–H groups in total. The van der Waals surface area contributed by atoms with Crippen molar-refractivity contribution in [2.24, 2.45) is 0 Å². The lowest BCUT2D eigenvalue weighted by molar-refractivity contribution is -0.121. The van der Waals surface area contributed by atoms with Gasteiger partial charge in [0.15, 0.2) is 4.84 Å². The molecular formula is C20H22Cl2FN3O3. The molecule has 0 heterocycles. The van der Waals surface area contributed by atoms with E-state index < -0.39 is 29.6 Å². The summed E-state index contributed by atoms with van der Waals surface area (Å²) in [6.07, 6.45) is -1.25. The fourth-order valence-electron chi connectivity index (χ4n) is 2.64. The molecule has 2 aromatic carbocycles. The van der Waals surface area contributed by atoms with Crippen LogP contribution in [-0.2, 0) is 11.3 Å². The molecule has 0 saturated heterocycles. The molecule has 0 fully saturated rings. The number of aliphatic hydroxyl groups is 1. The topological polar surface area (TPSA) is 90.5 Å². The van der Waals surface area contributed by atoms with Gasteiger partial charge in [0.25, 0.3) is 5.91 Å². The molecule has 156 valence electrons. The van der Waals surface area contributed by atoms with Crippen LogP contribution in [0.1, 0.15) is 17.2 Å². The SMILES string of the molecule is CNC(=O)NCc1ccc(-c2ccc([C@@H](O)[C@@H](CF)NC(=O)C(Cl)Cl)cc2)cc1. The average molecular weight is 442 g/mol. The zero-order valence-corrected chi connectivity index (χ0v) is 17.2. The van der Waals surface area contributed by atoms with Crippen molar-refractivity contribution in [2.45, 2.75) is 23.5 Å². The molecule has 0 radical (unpaired) electrons. The monoisotopic (exact) mass is 441 g/mol. The van der Waals surface area contributed by atoms with Crippen LogP contribution in [0.2, 0.25) is 0 Å². The molecule has 3 amide bonds. The van der Waals surface area contributed by atoms with Gasteiger partial charge in [-0.1, -0.05) is 71.7 Å². The van der Waals surface area contributed by atoms with Crippen molar-refractivity contribution >= 4 is 35.1 Å². The predicted molar refractivity (Wildman–Crippen MR) is 112 cm³/mol. The molecule has 0 aliphatic carbocycles. The van der Waals surface area contributed by atoms with Crippen LogP contribution in [-0.4, -0.2) is 41.6 Å². The highest BCUT2D eigenvalue weighted by atomic mass is 35.5. The van der Waals surface area contributed by atoms with Crippen LogP contribution in [0.15, 0.2) is 48.5 Å². The van der Waals surface area contributed by atoms with Gasteiger partial charge >= 0.3 is 6.03 Å². The Morgan fingerprint density at radius 3 is 2.07 bits per heavy atom. The third kappa shape index (κ3) is 6.59. The van der Waals surface area contributed by atoms with Crippen molar-refractivity contribution in [3.8, 4) is 11.1 Å². The van der Waals surface area contributed by atoms with Crippen molar-refractivity contribution in [1.82, 2.24) is 16.0 Å². The Kier molecular flexibility index (Phi) is 8.70. The van der Waals surface area contributed by atoms with E-state index in [2.05, 4.69) is 16.0 Å². The second kappa shape index (κ2) is 11.0. The van der Waals surface area contributed by atoms with Crippen molar-refractivity contribution in [3.63, 3.8) is 0 Å². The largest absolute Gasteiger partial charge is 0.386 e. The number of aliphatic hydroxyl groups excluding tert-OH is 1. The van der Waals surface area contributed by atoms with E-state index in [-0.39, 0.29) is 6.03 Å². The Morgan fingerprint density at radius 2 is 1.59 bits per heavy atom. The highest BCUT2D eigenvalue weighted by Gasteiger charge is 2.25. The maximum atomic E-state index is 13.2. The molecule has 0 unspecified atom stereocenters. The van der Waals surface area contributed by atoms with Gasteiger partial charge in [0.1, 0.15) is 12.8 Å². The van der Waals surface area contributed by atoms with Gasteiger partial charge in [-0.25, -0.2) is 9.18 Å². The minimum atomic E-state index is -1.34. The number of hydrogen-bond donors (Lipinski definition) is 4. The number of halogens is 3. The third-order valence-electron chi connectivity index (χ3n) is 4.29. The number of rotatable bonds is 8. The van der Waals surface area contributed by atoms with Crippen LogP contribution in [0.3, 0.4) is 0 Å². The fourth-order valence-corrected chi connectivity index (χ4v) is 2.76. The summed E-state index contributed by atoms with van der Waals surface area (Å²) < 4.78 is 13.2. The van der Waals surface area contributed by atoms with Crippen molar-refractivity contribution < 1.29 is 19.1 Å². The van der Waals surface area contributed by atoms with E-state index in [1.165, 1.54) is 0 Å². The molecule has 0 aromatic heterocycles. The summed E-state index contributed by atoms with van der Waals surface area (Å²) in [4.78, 5) is 21.4. The highest BCUT2D eigenvalue weighted by Crippen LogP contribution is 2.24. The van der Waals surface area contributed by atoms with E-state index in [4.69, 9.17) is 23.2 Å². The summed E-state index contributed by atoms with van der Waals surface area (Å²) in [5.74, 6) is -0.766. The zero-order chi connectivity index (χ0) is 21.4. The van der Waals surface area contributed by atoms with Gasteiger partial charge < -0.3 is 21.1 Å². The molecule has 2 atom stereocenters. The maximum absolute atomic E-state index is 13.2. The second-order valence-corrected chi connectivity index (χ2v) is 7.36. The summed E-state index contributed by atoms with van der Waals surface area (Å²) in [5.41, 5.74) is 3.23. The first-order chi connectivity index (χ1) is 13.8. The quantitative estimate of drug-likeness (QED) is 0.474. The van der Waals surface area contributed by atoms with Crippen LogP contribution in [0.5, 0.6) is 0 Å². The third-order valence-corrected chi connectivity index (χ3v) is 4.69. The molecule has 0 aliphatic heterocycles. The molecule has 0 spiro atoms. The lowest BCUT2D eigenvalue weighted by atomic mass is 9.98. The van der Waals surface area contributed by atoms with Crippen LogP contribution in [0, 0.1) is 0 Å². The molecule has 0 saturated carbocycles. The summed E-state index contributed by atoms with van der Waals surface area (Å²) in [6.45, 7) is -0.562. The normalized spacial score (nSPS) is 12.9. The first-order valence-corrected chi connectivity index (χ1v) is 9.70. The smallest absolute Gasteiger partial charge is 0.314 e. The molecule has 2 aromatic rings. The Labute approximate surface area is 178 Å². The minimum absolute atomic E-state index is 0.251. The Balaban J connectivity index is 2.05. The van der Waals surface area contributed by atoms with Crippen molar-refractivity contribution in [1.29, 1.82) is 0 Å². The van der Waals surface area contributed by atoms with Gasteiger partial charge in [0.05, 0.1) is 6.04 Å². The van der Waals surface area contributed by atoms with Crippen LogP contribution in [0.25, 0.3) is 11.1 Å². The number of urea groups is 1. The number of benzene rings is 2. The zero-order valence-electron chi connectivity index (χ0n) is 15.7. The number of hydrogen-bond acceptors (Lipinski definition) is 3. The summed E-state index contributed by atoms with van der Waals surface area (Å²) >= 11 is 10.9. The molecular weight excluding hydrogens is 420 g/mol. The standard InChI is InChI=1S/C20H22Cl2FN3O3/c1-24-20(29)25-11-12-2-4-13(5-3-12)14-6-8-15(9-7-14)17(27)16(10-23)26-19(28)18(21)22/h2-9,16-18,27H,10-11H2,1H3,(H,26,28)(H2,24,25,29)/t16-,17-/m1/s1. The molecule has 9 heteroatoms. The first kappa shape index (κ1) is 22.9. The van der Waals surface area contributed by atoms with Gasteiger partial charge in [0, 0.05) is 13.6 Å². The van der Waals surface area contributed by atoms with E-state index >= 15 is 0 Å². The number of nitrogens with one attached hydrogen (secondary N) is 3. The molecule has 2 rings (SSSR count). The average Bonchev–Trinajstić information content (AvgIpc) is 2.75. The van der Waals surface area contributed by atoms with E-state index in [9.17, 15) is 19.1 Å². The Hall–Kier alpha value is -2.35. The van der Waals surface area contributed by atoms with E-state index in [1.54, 1.807) is 31.3 Å². The number of carbonyl (C=O) groups excluding carboxylic acids is 2. The number of amides is 3. The van der Waals surface area contributed by atoms with E-state index in [0.29, 0.717) is 12.1 Å². The molecule has 0 bridgehead atoms. The van der Waals surface area contributed by atoms with Gasteiger partial charge in [-0.2, -0.15) is 0 Å². The first-order valence-electron chi connectivity index (χ1n) is 8.83. The highest BCUT2D eigenvalue weighted by molar-refractivity contribution is 6.53. The van der Waals surface area contributed by atoms with Crippen molar-refractivity contribution in [2.75, 3.05) is 13.7 Å². The molecule has 6 nitrogen and oxygen atoms in total. The summed E-state index contributed by atoms with van der Waals surface area (Å²) in [5, 5.41) is 17.8. The Morgan fingerprint density at radius 1 is 1.03 bits per heavy atom. The Bertz CT molecular complexity index is 817. The van der Waals surface area contributed by atoms with Gasteiger partial charge in [0.2, 0.25) is 0 Å². The predicted octanol–water partition coefficient (Wildman–Crippen LogP) is 3.07. The summed E-state index contributed by atoms with van der Waals surface area (Å²) in [7, 11) is 1.55. The number of carbonyl (C=O) groups is 2. The molecule has 29 heavy (non-hydrogen) atoms. The second-order valence-electron chi connectivity index (χ2n) is 6.27.